The number of nitrogens with two attached hydrogens (primary N) is 1. The Morgan fingerprint density at radius 2 is 1.75 bits per heavy atom. The van der Waals surface area contributed by atoms with Gasteiger partial charge in [0.2, 0.25) is 0 Å². The van der Waals surface area contributed by atoms with E-state index >= 15 is 0 Å². The van der Waals surface area contributed by atoms with Crippen molar-refractivity contribution < 1.29 is 14.7 Å². The fraction of sp³-hybridized carbons (Fsp3) is 0. The van der Waals surface area contributed by atoms with Crippen molar-refractivity contribution in [3.05, 3.63) is 93.4 Å². The number of para-hydroxylation sites is 2. The lowest BCUT2D eigenvalue weighted by atomic mass is 10.1. The molecule has 0 fully saturated rings. The molecule has 0 bridgehead atoms. The molecule has 1 aliphatic heterocycles. The van der Waals surface area contributed by atoms with Gasteiger partial charge in [0, 0.05) is 11.5 Å². The molecule has 5 rings (SSSR count). The van der Waals surface area contributed by atoms with Crippen molar-refractivity contribution in [1.29, 1.82) is 0 Å². The summed E-state index contributed by atoms with van der Waals surface area (Å²) in [5.41, 5.74) is 7.78. The highest BCUT2D eigenvalue weighted by atomic mass is 16.3. The Balaban J connectivity index is 1.62. The SMILES string of the molecule is Nc1c2c(cc(=O)n1-c1ccccc1C=Cc1ccc3cccc(O)c3n1)C(=O)NC2=O. The summed E-state index contributed by atoms with van der Waals surface area (Å²) in [7, 11) is 0. The number of carbonyl (C=O) groups is 2. The van der Waals surface area contributed by atoms with Crippen LogP contribution in [0, 0.1) is 0 Å². The Bertz CT molecular complexity index is 1540. The first-order valence-electron chi connectivity index (χ1n) is 9.71. The van der Waals surface area contributed by atoms with Crippen LogP contribution in [0.1, 0.15) is 32.0 Å². The fourth-order valence-electron chi connectivity index (χ4n) is 3.77. The van der Waals surface area contributed by atoms with Crippen LogP contribution < -0.4 is 16.6 Å². The number of nitrogens with zero attached hydrogens (tertiary/aromatic N) is 2. The van der Waals surface area contributed by atoms with Crippen molar-refractivity contribution in [2.45, 2.75) is 0 Å². The van der Waals surface area contributed by atoms with Gasteiger partial charge in [-0.05, 0) is 29.8 Å². The quantitative estimate of drug-likeness (QED) is 0.434. The third-order valence-corrected chi connectivity index (χ3v) is 5.29. The highest BCUT2D eigenvalue weighted by molar-refractivity contribution is 6.23. The number of anilines is 1. The number of hydrogen-bond donors (Lipinski definition) is 3. The van der Waals surface area contributed by atoms with Crippen molar-refractivity contribution in [1.82, 2.24) is 14.9 Å². The van der Waals surface area contributed by atoms with Crippen molar-refractivity contribution in [2.24, 2.45) is 0 Å². The van der Waals surface area contributed by atoms with E-state index in [4.69, 9.17) is 5.73 Å². The molecule has 32 heavy (non-hydrogen) atoms. The number of fused-ring (bicyclic) bond motifs is 2. The number of phenolic OH excluding ortho intramolecular Hbond substituents is 1. The van der Waals surface area contributed by atoms with E-state index in [1.807, 2.05) is 18.2 Å². The number of benzene rings is 2. The summed E-state index contributed by atoms with van der Waals surface area (Å²) >= 11 is 0. The molecular weight excluding hydrogens is 408 g/mol. The number of pyridine rings is 2. The number of hydrogen-bond acceptors (Lipinski definition) is 6. The van der Waals surface area contributed by atoms with E-state index in [0.717, 1.165) is 11.5 Å². The summed E-state index contributed by atoms with van der Waals surface area (Å²) in [5, 5.41) is 13.0. The van der Waals surface area contributed by atoms with Crippen molar-refractivity contribution in [3.8, 4) is 11.4 Å². The predicted octanol–water partition coefficient (Wildman–Crippen LogP) is 2.73. The highest BCUT2D eigenvalue weighted by Crippen LogP contribution is 2.26. The lowest BCUT2D eigenvalue weighted by molar-refractivity contribution is 0.0880. The molecule has 2 amide bonds. The Hall–Kier alpha value is -4.72. The lowest BCUT2D eigenvalue weighted by Crippen LogP contribution is -2.24. The number of imide groups is 1. The number of carbonyl (C=O) groups excluding carboxylic acids is 2. The first kappa shape index (κ1) is 19.3. The standard InChI is InChI=1S/C24H16N4O4/c25-22-20-16(23(31)27-24(20)32)12-19(30)28(22)17-6-2-1-4-13(17)8-10-15-11-9-14-5-3-7-18(29)21(14)26-15/h1-12,29H,25H2,(H,27,31,32). The molecule has 4 aromatic rings. The zero-order chi connectivity index (χ0) is 22.4. The van der Waals surface area contributed by atoms with Crippen LogP contribution in [0.15, 0.2) is 65.5 Å². The van der Waals surface area contributed by atoms with Gasteiger partial charge in [-0.15, -0.1) is 0 Å². The van der Waals surface area contributed by atoms with Crippen LogP contribution in [0.4, 0.5) is 5.82 Å². The summed E-state index contributed by atoms with van der Waals surface area (Å²) in [5.74, 6) is -1.29. The van der Waals surface area contributed by atoms with E-state index in [1.54, 1.807) is 48.6 Å². The molecule has 0 unspecified atom stereocenters. The molecule has 0 saturated carbocycles. The molecule has 0 spiro atoms. The lowest BCUT2D eigenvalue weighted by Gasteiger charge is -2.14. The average Bonchev–Trinajstić information content (AvgIpc) is 3.06. The molecule has 0 atom stereocenters. The maximum absolute atomic E-state index is 12.8. The number of phenols is 1. The predicted molar refractivity (Wildman–Crippen MR) is 121 cm³/mol. The topological polar surface area (TPSA) is 127 Å². The van der Waals surface area contributed by atoms with Crippen molar-refractivity contribution in [3.63, 3.8) is 0 Å². The summed E-state index contributed by atoms with van der Waals surface area (Å²) in [6, 6.07) is 17.0. The Kier molecular flexibility index (Phi) is 4.34. The molecule has 0 saturated heterocycles. The highest BCUT2D eigenvalue weighted by Gasteiger charge is 2.32. The van der Waals surface area contributed by atoms with Crippen LogP contribution in [-0.2, 0) is 0 Å². The normalized spacial score (nSPS) is 13.0. The third kappa shape index (κ3) is 3.02. The minimum absolute atomic E-state index is 0.0138. The number of rotatable bonds is 3. The van der Waals surface area contributed by atoms with E-state index in [-0.39, 0.29) is 22.7 Å². The van der Waals surface area contributed by atoms with Gasteiger partial charge in [-0.3, -0.25) is 24.3 Å². The van der Waals surface area contributed by atoms with E-state index in [9.17, 15) is 19.5 Å². The van der Waals surface area contributed by atoms with Gasteiger partial charge in [-0.1, -0.05) is 42.5 Å². The Morgan fingerprint density at radius 3 is 2.59 bits per heavy atom. The first-order chi connectivity index (χ1) is 15.4. The molecule has 4 N–H and O–H groups in total. The van der Waals surface area contributed by atoms with Crippen molar-refractivity contribution in [2.75, 3.05) is 5.73 Å². The number of aromatic hydroxyl groups is 1. The van der Waals surface area contributed by atoms with Crippen LogP contribution in [0.5, 0.6) is 5.75 Å². The summed E-state index contributed by atoms with van der Waals surface area (Å²) < 4.78 is 1.20. The molecule has 8 nitrogen and oxygen atoms in total. The van der Waals surface area contributed by atoms with Gasteiger partial charge in [-0.2, -0.15) is 0 Å². The van der Waals surface area contributed by atoms with Gasteiger partial charge in [0.15, 0.2) is 0 Å². The molecule has 2 aromatic carbocycles. The maximum Gasteiger partial charge on any atom is 0.262 e. The van der Waals surface area contributed by atoms with E-state index in [1.165, 1.54) is 4.57 Å². The van der Waals surface area contributed by atoms with Gasteiger partial charge < -0.3 is 10.8 Å². The summed E-state index contributed by atoms with van der Waals surface area (Å²) in [6.45, 7) is 0. The van der Waals surface area contributed by atoms with Gasteiger partial charge in [0.05, 0.1) is 22.5 Å². The molecule has 1 aliphatic rings. The van der Waals surface area contributed by atoms with Crippen LogP contribution >= 0.6 is 0 Å². The second kappa shape index (κ2) is 7.21. The molecule has 0 radical (unpaired) electrons. The van der Waals surface area contributed by atoms with Crippen LogP contribution in [-0.4, -0.2) is 26.5 Å². The van der Waals surface area contributed by atoms with Gasteiger partial charge in [0.1, 0.15) is 17.1 Å². The van der Waals surface area contributed by atoms with E-state index in [0.29, 0.717) is 22.5 Å². The van der Waals surface area contributed by atoms with Gasteiger partial charge in [0.25, 0.3) is 17.4 Å². The molecular formula is C24H16N4O4. The minimum atomic E-state index is -0.639. The van der Waals surface area contributed by atoms with Gasteiger partial charge in [-0.25, -0.2) is 4.98 Å². The van der Waals surface area contributed by atoms with Crippen LogP contribution in [0.25, 0.3) is 28.7 Å². The van der Waals surface area contributed by atoms with Crippen molar-refractivity contribution >= 4 is 40.7 Å². The monoisotopic (exact) mass is 424 g/mol. The second-order valence-electron chi connectivity index (χ2n) is 7.25. The molecule has 3 heterocycles. The molecule has 8 heteroatoms. The zero-order valence-corrected chi connectivity index (χ0v) is 16.6. The Morgan fingerprint density at radius 1 is 0.938 bits per heavy atom. The van der Waals surface area contributed by atoms with E-state index in [2.05, 4.69) is 10.3 Å². The van der Waals surface area contributed by atoms with Crippen LogP contribution in [0.3, 0.4) is 0 Å². The number of nitrogens with one attached hydrogen (secondary N) is 1. The first-order valence-corrected chi connectivity index (χ1v) is 9.71. The fourth-order valence-corrected chi connectivity index (χ4v) is 3.77. The average molecular weight is 424 g/mol. The summed E-state index contributed by atoms with van der Waals surface area (Å²) in [6.07, 6.45) is 3.50. The zero-order valence-electron chi connectivity index (χ0n) is 16.6. The Labute approximate surface area is 181 Å². The number of nitrogen functional groups attached to an aromatic ring is 1. The minimum Gasteiger partial charge on any atom is -0.506 e. The second-order valence-corrected chi connectivity index (χ2v) is 7.25. The summed E-state index contributed by atoms with van der Waals surface area (Å²) in [4.78, 5) is 41.3. The molecule has 2 aromatic heterocycles. The van der Waals surface area contributed by atoms with Gasteiger partial charge >= 0.3 is 0 Å². The third-order valence-electron chi connectivity index (χ3n) is 5.29. The maximum atomic E-state index is 12.8. The molecule has 0 aliphatic carbocycles. The number of amides is 2. The number of aromatic nitrogens is 2. The largest absolute Gasteiger partial charge is 0.506 e. The smallest absolute Gasteiger partial charge is 0.262 e. The van der Waals surface area contributed by atoms with Crippen LogP contribution in [0.2, 0.25) is 0 Å². The van der Waals surface area contributed by atoms with E-state index < -0.39 is 17.4 Å². The molecule has 156 valence electrons.